The van der Waals surface area contributed by atoms with Crippen LogP contribution in [0.2, 0.25) is 0 Å². The zero-order valence-corrected chi connectivity index (χ0v) is 10.5. The van der Waals surface area contributed by atoms with E-state index < -0.39 is 32.3 Å². The summed E-state index contributed by atoms with van der Waals surface area (Å²) in [5, 5.41) is 19.7. The topological polar surface area (TPSA) is 115 Å². The number of hydrogen-bond donors (Lipinski definition) is 1. The molecule has 0 amide bonds. The highest BCUT2D eigenvalue weighted by Gasteiger charge is 2.25. The lowest BCUT2D eigenvalue weighted by molar-refractivity contribution is -0.385. The molecule has 0 bridgehead atoms. The van der Waals surface area contributed by atoms with E-state index in [4.69, 9.17) is 5.11 Å². The Morgan fingerprint density at radius 2 is 2.00 bits per heavy atom. The van der Waals surface area contributed by atoms with Gasteiger partial charge in [0.1, 0.15) is 0 Å². The number of carboxylic acid groups (broad SMARTS) is 1. The standard InChI is InChI=1S/C10H11NO6S/c1-6(10(12)13)8-4-3-7(18(2,16)17)5-9(8)11(14)15/h3-6H,1-2H3,(H,12,13). The Kier molecular flexibility index (Phi) is 3.70. The maximum atomic E-state index is 11.3. The predicted molar refractivity (Wildman–Crippen MR) is 62.3 cm³/mol. The molecule has 1 N–H and O–H groups in total. The van der Waals surface area contributed by atoms with Gasteiger partial charge in [0.25, 0.3) is 5.69 Å². The summed E-state index contributed by atoms with van der Waals surface area (Å²) in [6.45, 7) is 1.30. The number of benzene rings is 1. The molecule has 98 valence electrons. The van der Waals surface area contributed by atoms with Crippen LogP contribution in [0.25, 0.3) is 0 Å². The summed E-state index contributed by atoms with van der Waals surface area (Å²) in [5.74, 6) is -2.30. The Hall–Kier alpha value is -1.96. The largest absolute Gasteiger partial charge is 0.481 e. The third-order valence-corrected chi connectivity index (χ3v) is 3.57. The van der Waals surface area contributed by atoms with Gasteiger partial charge in [-0.05, 0) is 13.0 Å². The van der Waals surface area contributed by atoms with Gasteiger partial charge in [0, 0.05) is 17.9 Å². The van der Waals surface area contributed by atoms with Gasteiger partial charge in [0.2, 0.25) is 0 Å². The number of sulfone groups is 1. The first-order valence-electron chi connectivity index (χ1n) is 4.85. The molecule has 0 radical (unpaired) electrons. The van der Waals surface area contributed by atoms with E-state index in [9.17, 15) is 23.3 Å². The van der Waals surface area contributed by atoms with Gasteiger partial charge < -0.3 is 5.11 Å². The van der Waals surface area contributed by atoms with E-state index in [0.29, 0.717) is 0 Å². The predicted octanol–water partition coefficient (Wildman–Crippen LogP) is 1.19. The molecule has 0 saturated heterocycles. The maximum Gasteiger partial charge on any atom is 0.310 e. The number of nitro groups is 1. The molecule has 0 saturated carbocycles. The number of aliphatic carboxylic acids is 1. The fourth-order valence-corrected chi connectivity index (χ4v) is 2.05. The van der Waals surface area contributed by atoms with Gasteiger partial charge in [-0.15, -0.1) is 0 Å². The van der Waals surface area contributed by atoms with Crippen LogP contribution < -0.4 is 0 Å². The Bertz CT molecular complexity index is 607. The van der Waals surface area contributed by atoms with E-state index in [1.54, 1.807) is 0 Å². The van der Waals surface area contributed by atoms with Crippen molar-refractivity contribution in [3.05, 3.63) is 33.9 Å². The smallest absolute Gasteiger partial charge is 0.310 e. The van der Waals surface area contributed by atoms with Crippen molar-refractivity contribution in [2.24, 2.45) is 0 Å². The molecule has 0 fully saturated rings. The monoisotopic (exact) mass is 273 g/mol. The molecule has 0 spiro atoms. The van der Waals surface area contributed by atoms with Gasteiger partial charge in [0.05, 0.1) is 15.7 Å². The minimum Gasteiger partial charge on any atom is -0.481 e. The van der Waals surface area contributed by atoms with Gasteiger partial charge >= 0.3 is 5.97 Å². The first-order chi connectivity index (χ1) is 8.14. The molecule has 0 aromatic heterocycles. The summed E-state index contributed by atoms with van der Waals surface area (Å²) in [7, 11) is -3.57. The van der Waals surface area contributed by atoms with Crippen molar-refractivity contribution >= 4 is 21.5 Å². The van der Waals surface area contributed by atoms with Crippen LogP contribution in [0.5, 0.6) is 0 Å². The number of carboxylic acids is 1. The van der Waals surface area contributed by atoms with Crippen LogP contribution in [0, 0.1) is 10.1 Å². The molecule has 0 heterocycles. The molecule has 7 nitrogen and oxygen atoms in total. The average molecular weight is 273 g/mol. The Morgan fingerprint density at radius 3 is 2.39 bits per heavy atom. The van der Waals surface area contributed by atoms with Crippen molar-refractivity contribution < 1.29 is 23.2 Å². The lowest BCUT2D eigenvalue weighted by Gasteiger charge is -2.08. The first-order valence-corrected chi connectivity index (χ1v) is 6.75. The molecular weight excluding hydrogens is 262 g/mol. The lowest BCUT2D eigenvalue weighted by Crippen LogP contribution is -2.10. The molecule has 1 rings (SSSR count). The number of nitrogens with zero attached hydrogens (tertiary/aromatic N) is 1. The van der Waals surface area contributed by atoms with E-state index >= 15 is 0 Å². The molecule has 18 heavy (non-hydrogen) atoms. The normalized spacial score (nSPS) is 13.0. The number of hydrogen-bond acceptors (Lipinski definition) is 5. The van der Waals surface area contributed by atoms with Crippen molar-refractivity contribution in [1.82, 2.24) is 0 Å². The molecule has 1 atom stereocenters. The quantitative estimate of drug-likeness (QED) is 0.650. The van der Waals surface area contributed by atoms with Gasteiger partial charge in [-0.3, -0.25) is 14.9 Å². The second-order valence-electron chi connectivity index (χ2n) is 3.81. The molecule has 1 unspecified atom stereocenters. The third-order valence-electron chi connectivity index (χ3n) is 2.46. The van der Waals surface area contributed by atoms with Gasteiger partial charge in [-0.25, -0.2) is 8.42 Å². The highest BCUT2D eigenvalue weighted by Crippen LogP contribution is 2.29. The second-order valence-corrected chi connectivity index (χ2v) is 5.83. The van der Waals surface area contributed by atoms with E-state index in [2.05, 4.69) is 0 Å². The molecular formula is C10H11NO6S. The van der Waals surface area contributed by atoms with E-state index in [1.807, 2.05) is 0 Å². The molecule has 1 aromatic carbocycles. The van der Waals surface area contributed by atoms with E-state index in [0.717, 1.165) is 24.5 Å². The van der Waals surface area contributed by atoms with Crippen molar-refractivity contribution in [2.45, 2.75) is 17.7 Å². The minimum atomic E-state index is -3.57. The molecule has 8 heteroatoms. The fraction of sp³-hybridized carbons (Fsp3) is 0.300. The number of nitro benzene ring substituents is 1. The number of carbonyl (C=O) groups is 1. The summed E-state index contributed by atoms with van der Waals surface area (Å²) in [6, 6.07) is 3.20. The maximum absolute atomic E-state index is 11.3. The van der Waals surface area contributed by atoms with E-state index in [-0.39, 0.29) is 10.5 Å². The van der Waals surface area contributed by atoms with Crippen molar-refractivity contribution in [3.63, 3.8) is 0 Å². The lowest BCUT2D eigenvalue weighted by atomic mass is 10.00. The Balaban J connectivity index is 3.48. The molecule has 1 aromatic rings. The van der Waals surface area contributed by atoms with Crippen molar-refractivity contribution in [3.8, 4) is 0 Å². The van der Waals surface area contributed by atoms with Crippen molar-refractivity contribution in [2.75, 3.05) is 6.26 Å². The first kappa shape index (κ1) is 14.1. The Morgan fingerprint density at radius 1 is 1.44 bits per heavy atom. The molecule has 0 aliphatic carbocycles. The highest BCUT2D eigenvalue weighted by atomic mass is 32.2. The molecule has 0 aliphatic rings. The van der Waals surface area contributed by atoms with Crippen LogP contribution in [0.4, 0.5) is 5.69 Å². The van der Waals surface area contributed by atoms with E-state index in [1.165, 1.54) is 6.92 Å². The van der Waals surface area contributed by atoms with Gasteiger partial charge in [0.15, 0.2) is 9.84 Å². The fourth-order valence-electron chi connectivity index (χ4n) is 1.41. The second kappa shape index (κ2) is 4.73. The highest BCUT2D eigenvalue weighted by molar-refractivity contribution is 7.90. The molecule has 0 aliphatic heterocycles. The van der Waals surface area contributed by atoms with Crippen LogP contribution in [0.15, 0.2) is 23.1 Å². The SMILES string of the molecule is CC(C(=O)O)c1ccc(S(C)(=O)=O)cc1[N+](=O)[O-]. The Labute approximate surface area is 103 Å². The van der Waals surface area contributed by atoms with Gasteiger partial charge in [-0.2, -0.15) is 0 Å². The van der Waals surface area contributed by atoms with Crippen molar-refractivity contribution in [1.29, 1.82) is 0 Å². The summed E-state index contributed by atoms with van der Waals surface area (Å²) in [4.78, 5) is 20.7. The minimum absolute atomic E-state index is 0.0279. The summed E-state index contributed by atoms with van der Waals surface area (Å²) < 4.78 is 22.6. The zero-order valence-electron chi connectivity index (χ0n) is 9.65. The van der Waals surface area contributed by atoms with Crippen LogP contribution in [0.3, 0.4) is 0 Å². The van der Waals surface area contributed by atoms with Crippen LogP contribution >= 0.6 is 0 Å². The van der Waals surface area contributed by atoms with Gasteiger partial charge in [-0.1, -0.05) is 6.07 Å². The zero-order chi connectivity index (χ0) is 14.1. The summed E-state index contributed by atoms with van der Waals surface area (Å²) in [5.41, 5.74) is -0.535. The van der Waals surface area contributed by atoms with Crippen LogP contribution in [-0.2, 0) is 14.6 Å². The van der Waals surface area contributed by atoms with Crippen LogP contribution in [-0.4, -0.2) is 30.7 Å². The number of rotatable bonds is 4. The summed E-state index contributed by atoms with van der Waals surface area (Å²) >= 11 is 0. The third kappa shape index (κ3) is 2.83. The average Bonchev–Trinajstić information content (AvgIpc) is 2.25. The van der Waals surface area contributed by atoms with Crippen LogP contribution in [0.1, 0.15) is 18.4 Å². The summed E-state index contributed by atoms with van der Waals surface area (Å²) in [6.07, 6.45) is 0.923.